The maximum atomic E-state index is 12.3. The lowest BCUT2D eigenvalue weighted by atomic mass is 10.1. The molecule has 3 amide bonds. The molecular formula is C19H26N2O4. The number of ether oxygens (including phenoxy) is 1. The number of fused-ring (bicyclic) bond motifs is 1. The summed E-state index contributed by atoms with van der Waals surface area (Å²) in [7, 11) is 0. The van der Waals surface area contributed by atoms with Crippen molar-refractivity contribution < 1.29 is 19.1 Å². The van der Waals surface area contributed by atoms with Crippen molar-refractivity contribution in [2.45, 2.75) is 39.5 Å². The number of hydrogen-bond donors (Lipinski definition) is 1. The van der Waals surface area contributed by atoms with Gasteiger partial charge < -0.3 is 10.1 Å². The van der Waals surface area contributed by atoms with Gasteiger partial charge in [0.15, 0.2) is 0 Å². The van der Waals surface area contributed by atoms with E-state index in [1.54, 1.807) is 12.1 Å². The van der Waals surface area contributed by atoms with Gasteiger partial charge in [0.2, 0.25) is 5.91 Å². The van der Waals surface area contributed by atoms with Crippen LogP contribution < -0.4 is 5.32 Å². The Morgan fingerprint density at radius 2 is 1.84 bits per heavy atom. The fourth-order valence-corrected chi connectivity index (χ4v) is 2.66. The van der Waals surface area contributed by atoms with Gasteiger partial charge in [0.1, 0.15) is 0 Å². The van der Waals surface area contributed by atoms with E-state index in [1.165, 1.54) is 0 Å². The van der Waals surface area contributed by atoms with Crippen LogP contribution in [0, 0.1) is 6.92 Å². The number of carbonyl (C=O) groups is 3. The van der Waals surface area contributed by atoms with Gasteiger partial charge in [0.05, 0.1) is 11.1 Å². The van der Waals surface area contributed by atoms with E-state index in [-0.39, 0.29) is 30.7 Å². The number of carbonyl (C=O) groups excluding carboxylic acids is 3. The number of aryl methyl sites for hydroxylation is 1. The Labute approximate surface area is 148 Å². The summed E-state index contributed by atoms with van der Waals surface area (Å²) in [6.07, 6.45) is 3.02. The third-order valence-corrected chi connectivity index (χ3v) is 4.12. The maximum Gasteiger partial charge on any atom is 0.261 e. The zero-order valence-corrected chi connectivity index (χ0v) is 15.0. The molecule has 0 bridgehead atoms. The van der Waals surface area contributed by atoms with Crippen molar-refractivity contribution in [3.63, 3.8) is 0 Å². The lowest BCUT2D eigenvalue weighted by Gasteiger charge is -2.13. The molecule has 0 radical (unpaired) electrons. The van der Waals surface area contributed by atoms with Gasteiger partial charge in [0, 0.05) is 32.7 Å². The molecule has 1 aliphatic heterocycles. The smallest absolute Gasteiger partial charge is 0.261 e. The first-order valence-electron chi connectivity index (χ1n) is 8.86. The van der Waals surface area contributed by atoms with Gasteiger partial charge in [-0.25, -0.2) is 0 Å². The summed E-state index contributed by atoms with van der Waals surface area (Å²) >= 11 is 0. The number of unbranched alkanes of at least 4 members (excludes halogenated alkanes) is 1. The summed E-state index contributed by atoms with van der Waals surface area (Å²) in [5.41, 5.74) is 1.77. The molecule has 0 saturated heterocycles. The van der Waals surface area contributed by atoms with Crippen molar-refractivity contribution in [2.75, 3.05) is 26.3 Å². The minimum absolute atomic E-state index is 0.101. The summed E-state index contributed by atoms with van der Waals surface area (Å²) in [6.45, 7) is 6.00. The number of benzene rings is 1. The molecule has 0 fully saturated rings. The highest BCUT2D eigenvalue weighted by atomic mass is 16.5. The molecule has 1 aromatic rings. The molecule has 1 aromatic carbocycles. The average molecular weight is 346 g/mol. The summed E-state index contributed by atoms with van der Waals surface area (Å²) in [6, 6.07) is 5.19. The topological polar surface area (TPSA) is 75.7 Å². The molecule has 6 nitrogen and oxygen atoms in total. The molecule has 0 unspecified atom stereocenters. The van der Waals surface area contributed by atoms with Crippen LogP contribution in [-0.2, 0) is 9.53 Å². The molecule has 25 heavy (non-hydrogen) atoms. The first-order chi connectivity index (χ1) is 12.0. The van der Waals surface area contributed by atoms with Gasteiger partial charge >= 0.3 is 0 Å². The summed E-state index contributed by atoms with van der Waals surface area (Å²) in [4.78, 5) is 37.6. The molecule has 0 aliphatic carbocycles. The lowest BCUT2D eigenvalue weighted by Crippen LogP contribution is -2.35. The summed E-state index contributed by atoms with van der Waals surface area (Å²) in [5, 5.41) is 2.79. The molecule has 0 spiro atoms. The predicted molar refractivity (Wildman–Crippen MR) is 94.5 cm³/mol. The largest absolute Gasteiger partial charge is 0.381 e. The SMILES string of the molecule is CCCCOCCCNC(=O)CCN1C(=O)c2ccc(C)cc2C1=O. The second kappa shape index (κ2) is 9.32. The highest BCUT2D eigenvalue weighted by molar-refractivity contribution is 6.21. The van der Waals surface area contributed by atoms with Crippen LogP contribution in [0.2, 0.25) is 0 Å². The molecule has 6 heteroatoms. The second-order valence-electron chi connectivity index (χ2n) is 6.23. The number of hydrogen-bond acceptors (Lipinski definition) is 4. The Bertz CT molecular complexity index is 642. The fourth-order valence-electron chi connectivity index (χ4n) is 2.66. The van der Waals surface area contributed by atoms with Crippen LogP contribution in [0.4, 0.5) is 0 Å². The van der Waals surface area contributed by atoms with Crippen LogP contribution in [0.25, 0.3) is 0 Å². The Morgan fingerprint density at radius 1 is 1.12 bits per heavy atom. The van der Waals surface area contributed by atoms with E-state index in [9.17, 15) is 14.4 Å². The Kier molecular flexibility index (Phi) is 7.13. The van der Waals surface area contributed by atoms with E-state index in [2.05, 4.69) is 12.2 Å². The van der Waals surface area contributed by atoms with Crippen molar-refractivity contribution in [3.8, 4) is 0 Å². The van der Waals surface area contributed by atoms with Crippen molar-refractivity contribution >= 4 is 17.7 Å². The molecule has 136 valence electrons. The van der Waals surface area contributed by atoms with Crippen LogP contribution in [0.5, 0.6) is 0 Å². The Hall–Kier alpha value is -2.21. The molecule has 1 aliphatic rings. The minimum Gasteiger partial charge on any atom is -0.381 e. The van der Waals surface area contributed by atoms with Gasteiger partial charge in [-0.05, 0) is 31.9 Å². The highest BCUT2D eigenvalue weighted by Gasteiger charge is 2.35. The van der Waals surface area contributed by atoms with Gasteiger partial charge in [-0.1, -0.05) is 25.0 Å². The van der Waals surface area contributed by atoms with Crippen LogP contribution in [0.3, 0.4) is 0 Å². The summed E-state index contributed by atoms with van der Waals surface area (Å²) < 4.78 is 5.42. The number of nitrogens with zero attached hydrogens (tertiary/aromatic N) is 1. The summed E-state index contributed by atoms with van der Waals surface area (Å²) in [5.74, 6) is -0.806. The quantitative estimate of drug-likeness (QED) is 0.521. The normalized spacial score (nSPS) is 13.3. The molecule has 0 saturated carbocycles. The van der Waals surface area contributed by atoms with Gasteiger partial charge in [-0.15, -0.1) is 0 Å². The van der Waals surface area contributed by atoms with E-state index >= 15 is 0 Å². The zero-order valence-electron chi connectivity index (χ0n) is 15.0. The zero-order chi connectivity index (χ0) is 18.2. The van der Waals surface area contributed by atoms with Crippen molar-refractivity contribution in [2.24, 2.45) is 0 Å². The number of amides is 3. The average Bonchev–Trinajstić information content (AvgIpc) is 2.82. The van der Waals surface area contributed by atoms with E-state index in [0.29, 0.717) is 24.3 Å². The number of imide groups is 1. The lowest BCUT2D eigenvalue weighted by molar-refractivity contribution is -0.121. The van der Waals surface area contributed by atoms with Crippen LogP contribution >= 0.6 is 0 Å². The molecule has 0 aromatic heterocycles. The highest BCUT2D eigenvalue weighted by Crippen LogP contribution is 2.23. The number of nitrogens with one attached hydrogen (secondary N) is 1. The van der Waals surface area contributed by atoms with E-state index in [1.807, 2.05) is 13.0 Å². The van der Waals surface area contributed by atoms with Crippen LogP contribution in [0.15, 0.2) is 18.2 Å². The van der Waals surface area contributed by atoms with E-state index < -0.39 is 0 Å². The predicted octanol–water partition coefficient (Wildman–Crippen LogP) is 2.30. The van der Waals surface area contributed by atoms with Crippen LogP contribution in [-0.4, -0.2) is 48.9 Å². The number of rotatable bonds is 10. The van der Waals surface area contributed by atoms with Crippen molar-refractivity contribution in [1.82, 2.24) is 10.2 Å². The molecule has 0 atom stereocenters. The van der Waals surface area contributed by atoms with E-state index in [4.69, 9.17) is 4.74 Å². The first-order valence-corrected chi connectivity index (χ1v) is 8.86. The standard InChI is InChI=1S/C19H26N2O4/c1-3-4-11-25-12-5-9-20-17(22)8-10-21-18(23)15-7-6-14(2)13-16(15)19(21)24/h6-7,13H,3-5,8-12H2,1-2H3,(H,20,22). The minimum atomic E-state index is -0.322. The van der Waals surface area contributed by atoms with Crippen molar-refractivity contribution in [1.29, 1.82) is 0 Å². The molecule has 2 rings (SSSR count). The van der Waals surface area contributed by atoms with Crippen LogP contribution in [0.1, 0.15) is 58.9 Å². The molecular weight excluding hydrogens is 320 g/mol. The Morgan fingerprint density at radius 3 is 2.60 bits per heavy atom. The van der Waals surface area contributed by atoms with E-state index in [0.717, 1.165) is 36.3 Å². The van der Waals surface area contributed by atoms with Gasteiger partial charge in [-0.3, -0.25) is 19.3 Å². The first kappa shape index (κ1) is 19.1. The fraction of sp³-hybridized carbons (Fsp3) is 0.526. The van der Waals surface area contributed by atoms with Crippen molar-refractivity contribution in [3.05, 3.63) is 34.9 Å². The monoisotopic (exact) mass is 346 g/mol. The van der Waals surface area contributed by atoms with Gasteiger partial charge in [0.25, 0.3) is 11.8 Å². The molecule has 1 heterocycles. The Balaban J connectivity index is 1.70. The molecule has 1 N–H and O–H groups in total. The van der Waals surface area contributed by atoms with Gasteiger partial charge in [-0.2, -0.15) is 0 Å². The third-order valence-electron chi connectivity index (χ3n) is 4.12. The maximum absolute atomic E-state index is 12.3. The second-order valence-corrected chi connectivity index (χ2v) is 6.23. The third kappa shape index (κ3) is 5.13.